The Bertz CT molecular complexity index is 813. The summed E-state index contributed by atoms with van der Waals surface area (Å²) in [5.74, 6) is 5.66. The highest BCUT2D eigenvalue weighted by Gasteiger charge is 2.17. The lowest BCUT2D eigenvalue weighted by molar-refractivity contribution is 0.601. The predicted octanol–water partition coefficient (Wildman–Crippen LogP) is 0.840. The van der Waals surface area contributed by atoms with Gasteiger partial charge in [0.2, 0.25) is 0 Å². The van der Waals surface area contributed by atoms with E-state index in [2.05, 4.69) is 21.7 Å². The first-order valence-corrected chi connectivity index (χ1v) is 7.72. The fourth-order valence-electron chi connectivity index (χ4n) is 1.75. The highest BCUT2D eigenvalue weighted by atomic mass is 32.2. The Kier molecular flexibility index (Phi) is 4.31. The second kappa shape index (κ2) is 5.99. The summed E-state index contributed by atoms with van der Waals surface area (Å²) in [6.07, 6.45) is 2.75. The molecular weight excluding hydrogens is 288 g/mol. The van der Waals surface area contributed by atoms with Crippen LogP contribution in [0, 0.1) is 18.8 Å². The molecule has 0 spiro atoms. The van der Waals surface area contributed by atoms with Gasteiger partial charge in [-0.2, -0.15) is 5.10 Å². The van der Waals surface area contributed by atoms with Crippen molar-refractivity contribution in [2.24, 2.45) is 12.8 Å². The molecule has 0 aliphatic carbocycles. The first kappa shape index (κ1) is 15.1. The number of rotatable bonds is 3. The Morgan fingerprint density at radius 1 is 1.43 bits per heavy atom. The zero-order valence-electron chi connectivity index (χ0n) is 11.8. The Hall–Kier alpha value is -2.30. The largest absolute Gasteiger partial charge is 0.320 e. The van der Waals surface area contributed by atoms with Crippen LogP contribution in [0.4, 0.5) is 5.69 Å². The summed E-state index contributed by atoms with van der Waals surface area (Å²) in [7, 11) is -1.97. The van der Waals surface area contributed by atoms with E-state index >= 15 is 0 Å². The van der Waals surface area contributed by atoms with Crippen LogP contribution in [0.1, 0.15) is 11.1 Å². The molecule has 7 heteroatoms. The molecule has 1 aromatic carbocycles. The van der Waals surface area contributed by atoms with Crippen LogP contribution in [0.15, 0.2) is 35.5 Å². The summed E-state index contributed by atoms with van der Waals surface area (Å²) in [5, 5.41) is 3.86. The number of aromatic nitrogens is 2. The average Bonchev–Trinajstić information content (AvgIpc) is 2.86. The second-order valence-corrected chi connectivity index (χ2v) is 6.17. The molecule has 0 radical (unpaired) electrons. The molecule has 3 N–H and O–H groups in total. The monoisotopic (exact) mass is 304 g/mol. The highest BCUT2D eigenvalue weighted by molar-refractivity contribution is 7.92. The van der Waals surface area contributed by atoms with Gasteiger partial charge in [0.05, 0.1) is 18.4 Å². The predicted molar refractivity (Wildman–Crippen MR) is 81.1 cm³/mol. The molecule has 0 amide bonds. The molecule has 110 valence electrons. The minimum Gasteiger partial charge on any atom is -0.320 e. The van der Waals surface area contributed by atoms with Crippen LogP contribution in [-0.4, -0.2) is 24.7 Å². The highest BCUT2D eigenvalue weighted by Crippen LogP contribution is 2.20. The van der Waals surface area contributed by atoms with Crippen LogP contribution in [-0.2, 0) is 17.1 Å². The topological polar surface area (TPSA) is 90.0 Å². The molecule has 0 saturated heterocycles. The maximum Gasteiger partial charge on any atom is 0.265 e. The molecule has 21 heavy (non-hydrogen) atoms. The summed E-state index contributed by atoms with van der Waals surface area (Å²) in [4.78, 5) is 0.122. The summed E-state index contributed by atoms with van der Waals surface area (Å²) in [5.41, 5.74) is 7.41. The zero-order valence-corrected chi connectivity index (χ0v) is 12.6. The van der Waals surface area contributed by atoms with E-state index in [-0.39, 0.29) is 11.4 Å². The van der Waals surface area contributed by atoms with E-state index in [1.54, 1.807) is 19.2 Å². The lowest BCUT2D eigenvalue weighted by Gasteiger charge is -2.09. The van der Waals surface area contributed by atoms with E-state index < -0.39 is 10.0 Å². The molecule has 1 heterocycles. The molecular formula is C14H16N4O2S. The number of hydrogen-bond donors (Lipinski definition) is 2. The van der Waals surface area contributed by atoms with Crippen LogP contribution in [0.2, 0.25) is 0 Å². The van der Waals surface area contributed by atoms with Crippen LogP contribution in [0.25, 0.3) is 0 Å². The third kappa shape index (κ3) is 3.62. The number of anilines is 1. The number of benzene rings is 1. The van der Waals surface area contributed by atoms with Gasteiger partial charge in [-0.15, -0.1) is 0 Å². The summed E-state index contributed by atoms with van der Waals surface area (Å²) < 4.78 is 28.4. The molecule has 0 bridgehead atoms. The fourth-order valence-corrected chi connectivity index (χ4v) is 2.86. The van der Waals surface area contributed by atoms with E-state index in [0.29, 0.717) is 5.69 Å². The average molecular weight is 304 g/mol. The Labute approximate surface area is 124 Å². The normalized spacial score (nSPS) is 10.8. The third-order valence-electron chi connectivity index (χ3n) is 2.80. The molecule has 6 nitrogen and oxygen atoms in total. The van der Waals surface area contributed by atoms with Crippen molar-refractivity contribution in [3.8, 4) is 11.8 Å². The lowest BCUT2D eigenvalue weighted by atomic mass is 10.1. The second-order valence-electron chi connectivity index (χ2n) is 4.49. The maximum absolute atomic E-state index is 12.2. The van der Waals surface area contributed by atoms with Crippen LogP contribution < -0.4 is 10.5 Å². The van der Waals surface area contributed by atoms with E-state index in [9.17, 15) is 8.42 Å². The van der Waals surface area contributed by atoms with Crippen molar-refractivity contribution >= 4 is 15.7 Å². The zero-order chi connectivity index (χ0) is 15.5. The van der Waals surface area contributed by atoms with Crippen molar-refractivity contribution in [1.29, 1.82) is 0 Å². The van der Waals surface area contributed by atoms with Gasteiger partial charge in [-0.25, -0.2) is 8.42 Å². The van der Waals surface area contributed by atoms with E-state index in [0.717, 1.165) is 11.1 Å². The molecule has 0 aliphatic rings. The van der Waals surface area contributed by atoms with Crippen molar-refractivity contribution in [3.63, 3.8) is 0 Å². The minimum absolute atomic E-state index is 0.122. The smallest absolute Gasteiger partial charge is 0.265 e. The van der Waals surface area contributed by atoms with Crippen LogP contribution >= 0.6 is 0 Å². The molecule has 1 aromatic heterocycles. The standard InChI is InChI=1S/C14H16N4O2S/c1-11-8-12(4-3-7-15)5-6-14(11)17-21(19,20)13-9-16-18(2)10-13/h5-6,8-10,17H,7,15H2,1-2H3. The van der Waals surface area contributed by atoms with Crippen molar-refractivity contribution in [3.05, 3.63) is 41.7 Å². The van der Waals surface area contributed by atoms with E-state index in [1.807, 2.05) is 13.0 Å². The van der Waals surface area contributed by atoms with Crippen LogP contribution in [0.5, 0.6) is 0 Å². The van der Waals surface area contributed by atoms with E-state index in [4.69, 9.17) is 5.73 Å². The number of nitrogens with one attached hydrogen (secondary N) is 1. The Balaban J connectivity index is 2.27. The summed E-state index contributed by atoms with van der Waals surface area (Å²) >= 11 is 0. The quantitative estimate of drug-likeness (QED) is 0.822. The molecule has 2 rings (SSSR count). The fraction of sp³-hybridized carbons (Fsp3) is 0.214. The first-order valence-electron chi connectivity index (χ1n) is 6.23. The van der Waals surface area contributed by atoms with Gasteiger partial charge in [0, 0.05) is 18.8 Å². The molecule has 0 atom stereocenters. The maximum atomic E-state index is 12.2. The van der Waals surface area contributed by atoms with Gasteiger partial charge in [0.1, 0.15) is 4.90 Å². The first-order chi connectivity index (χ1) is 9.92. The van der Waals surface area contributed by atoms with Crippen LogP contribution in [0.3, 0.4) is 0 Å². The number of aryl methyl sites for hydroxylation is 2. The van der Waals surface area contributed by atoms with Gasteiger partial charge in [-0.1, -0.05) is 11.8 Å². The Morgan fingerprint density at radius 2 is 2.19 bits per heavy atom. The number of nitrogens with two attached hydrogens (primary N) is 1. The van der Waals surface area contributed by atoms with Crippen molar-refractivity contribution < 1.29 is 8.42 Å². The number of nitrogens with zero attached hydrogens (tertiary/aromatic N) is 2. The number of hydrogen-bond acceptors (Lipinski definition) is 4. The molecule has 2 aromatic rings. The minimum atomic E-state index is -3.63. The third-order valence-corrected chi connectivity index (χ3v) is 4.12. The van der Waals surface area contributed by atoms with Crippen molar-refractivity contribution in [2.45, 2.75) is 11.8 Å². The summed E-state index contributed by atoms with van der Waals surface area (Å²) in [6, 6.07) is 5.24. The van der Waals surface area contributed by atoms with Crippen molar-refractivity contribution in [1.82, 2.24) is 9.78 Å². The molecule has 0 aliphatic heterocycles. The summed E-state index contributed by atoms with van der Waals surface area (Å²) in [6.45, 7) is 2.10. The molecule has 0 fully saturated rings. The van der Waals surface area contributed by atoms with Gasteiger partial charge in [0.25, 0.3) is 10.0 Å². The molecule has 0 saturated carbocycles. The van der Waals surface area contributed by atoms with Gasteiger partial charge in [0.15, 0.2) is 0 Å². The number of sulfonamides is 1. The Morgan fingerprint density at radius 3 is 2.76 bits per heavy atom. The van der Waals surface area contributed by atoms with Gasteiger partial charge < -0.3 is 5.73 Å². The SMILES string of the molecule is Cc1cc(C#CCN)ccc1NS(=O)(=O)c1cnn(C)c1. The van der Waals surface area contributed by atoms with Gasteiger partial charge >= 0.3 is 0 Å². The molecule has 0 unspecified atom stereocenters. The van der Waals surface area contributed by atoms with E-state index in [1.165, 1.54) is 17.1 Å². The van der Waals surface area contributed by atoms with Crippen molar-refractivity contribution in [2.75, 3.05) is 11.3 Å². The van der Waals surface area contributed by atoms with Gasteiger partial charge in [-0.05, 0) is 30.7 Å². The lowest BCUT2D eigenvalue weighted by Crippen LogP contribution is -2.13. The van der Waals surface area contributed by atoms with Gasteiger partial charge in [-0.3, -0.25) is 9.40 Å².